The molecule has 0 aliphatic rings. The number of benzene rings is 1. The maximum atomic E-state index is 10.7. The molecule has 1 aromatic rings. The van der Waals surface area contributed by atoms with E-state index in [-0.39, 0.29) is 0 Å². The van der Waals surface area contributed by atoms with Crippen LogP contribution in [0.1, 0.15) is 0 Å². The average Bonchev–Trinajstić information content (AvgIpc) is 2.17. The molecule has 2 amide bonds. The zero-order valence-electron chi connectivity index (χ0n) is 7.71. The number of thioether (sulfide) groups is 1. The number of hydrogen-bond donors (Lipinski definition) is 3. The summed E-state index contributed by atoms with van der Waals surface area (Å²) in [7, 11) is 0. The third-order valence-corrected chi connectivity index (χ3v) is 2.59. The molecule has 0 aliphatic carbocycles. The molecule has 80 valence electrons. The van der Waals surface area contributed by atoms with Gasteiger partial charge in [-0.1, -0.05) is 30.0 Å². The predicted octanol–water partition coefficient (Wildman–Crippen LogP) is 0.858. The Morgan fingerprint density at radius 2 is 1.93 bits per heavy atom. The molecule has 1 aromatic carbocycles. The van der Waals surface area contributed by atoms with Gasteiger partial charge in [0.15, 0.2) is 5.37 Å². The molecule has 0 aliphatic heterocycles. The number of urea groups is 1. The second kappa shape index (κ2) is 5.26. The van der Waals surface area contributed by atoms with Gasteiger partial charge in [-0.3, -0.25) is 0 Å². The lowest BCUT2D eigenvalue weighted by molar-refractivity contribution is -0.136. The van der Waals surface area contributed by atoms with Crippen LogP contribution in [0.4, 0.5) is 4.79 Å². The van der Waals surface area contributed by atoms with E-state index in [1.165, 1.54) is 0 Å². The van der Waals surface area contributed by atoms with E-state index < -0.39 is 17.4 Å². The largest absolute Gasteiger partial charge is 0.479 e. The van der Waals surface area contributed by atoms with E-state index >= 15 is 0 Å². The zero-order valence-corrected chi connectivity index (χ0v) is 8.53. The van der Waals surface area contributed by atoms with Gasteiger partial charge in [0.1, 0.15) is 0 Å². The highest BCUT2D eigenvalue weighted by molar-refractivity contribution is 8.00. The average molecular weight is 226 g/mol. The van der Waals surface area contributed by atoms with Crippen molar-refractivity contribution in [1.82, 2.24) is 5.32 Å². The van der Waals surface area contributed by atoms with Crippen LogP contribution in [0.15, 0.2) is 35.2 Å². The molecule has 0 fully saturated rings. The van der Waals surface area contributed by atoms with Crippen molar-refractivity contribution in [3.05, 3.63) is 30.3 Å². The Balaban J connectivity index is 2.67. The summed E-state index contributed by atoms with van der Waals surface area (Å²) in [6.07, 6.45) is 0. The molecular formula is C9H10N2O3S. The summed E-state index contributed by atoms with van der Waals surface area (Å²) in [4.78, 5) is 22.0. The van der Waals surface area contributed by atoms with Gasteiger partial charge in [0.2, 0.25) is 0 Å². The Bertz CT molecular complexity index is 356. The number of carbonyl (C=O) groups is 2. The number of aliphatic carboxylic acids is 1. The number of rotatable bonds is 4. The normalized spacial score (nSPS) is 11.7. The van der Waals surface area contributed by atoms with Gasteiger partial charge in [-0.15, -0.1) is 0 Å². The third kappa shape index (κ3) is 3.90. The fourth-order valence-electron chi connectivity index (χ4n) is 0.906. The fourth-order valence-corrected chi connectivity index (χ4v) is 1.77. The van der Waals surface area contributed by atoms with Gasteiger partial charge < -0.3 is 16.2 Å². The molecule has 6 heteroatoms. The van der Waals surface area contributed by atoms with Crippen molar-refractivity contribution >= 4 is 23.8 Å². The van der Waals surface area contributed by atoms with E-state index in [0.717, 1.165) is 16.7 Å². The van der Waals surface area contributed by atoms with Crippen LogP contribution in [-0.4, -0.2) is 22.5 Å². The molecule has 15 heavy (non-hydrogen) atoms. The molecule has 0 bridgehead atoms. The van der Waals surface area contributed by atoms with Gasteiger partial charge in [0, 0.05) is 4.90 Å². The topological polar surface area (TPSA) is 92.4 Å². The molecule has 0 aromatic heterocycles. The number of nitrogens with two attached hydrogens (primary N) is 1. The van der Waals surface area contributed by atoms with Crippen molar-refractivity contribution in [3.8, 4) is 0 Å². The fraction of sp³-hybridized carbons (Fsp3) is 0.111. The number of carbonyl (C=O) groups excluding carboxylic acids is 1. The maximum Gasteiger partial charge on any atom is 0.337 e. The number of primary amides is 1. The van der Waals surface area contributed by atoms with Gasteiger partial charge in [0.05, 0.1) is 0 Å². The van der Waals surface area contributed by atoms with Crippen LogP contribution in [0, 0.1) is 0 Å². The van der Waals surface area contributed by atoms with Crippen molar-refractivity contribution < 1.29 is 14.7 Å². The summed E-state index contributed by atoms with van der Waals surface area (Å²) in [5.41, 5.74) is 4.86. The van der Waals surface area contributed by atoms with Gasteiger partial charge >= 0.3 is 12.0 Å². The minimum Gasteiger partial charge on any atom is -0.479 e. The van der Waals surface area contributed by atoms with Crippen LogP contribution in [0.3, 0.4) is 0 Å². The van der Waals surface area contributed by atoms with Crippen molar-refractivity contribution in [1.29, 1.82) is 0 Å². The van der Waals surface area contributed by atoms with Crippen molar-refractivity contribution in [2.45, 2.75) is 10.3 Å². The second-order valence-corrected chi connectivity index (χ2v) is 3.84. The quantitative estimate of drug-likeness (QED) is 0.524. The molecule has 0 radical (unpaired) electrons. The molecular weight excluding hydrogens is 216 g/mol. The SMILES string of the molecule is NC(=O)NC(Sc1ccccc1)C(=O)O. The van der Waals surface area contributed by atoms with E-state index in [9.17, 15) is 9.59 Å². The highest BCUT2D eigenvalue weighted by atomic mass is 32.2. The van der Waals surface area contributed by atoms with Crippen LogP contribution in [0.25, 0.3) is 0 Å². The van der Waals surface area contributed by atoms with Gasteiger partial charge in [-0.25, -0.2) is 9.59 Å². The molecule has 1 unspecified atom stereocenters. The number of carboxylic acids is 1. The summed E-state index contributed by atoms with van der Waals surface area (Å²) >= 11 is 1.01. The Kier molecular flexibility index (Phi) is 3.99. The summed E-state index contributed by atoms with van der Waals surface area (Å²) < 4.78 is 0. The lowest BCUT2D eigenvalue weighted by atomic mass is 10.4. The van der Waals surface area contributed by atoms with Crippen molar-refractivity contribution in [2.24, 2.45) is 5.73 Å². The number of carboxylic acid groups (broad SMARTS) is 1. The van der Waals surface area contributed by atoms with Crippen LogP contribution < -0.4 is 11.1 Å². The van der Waals surface area contributed by atoms with Crippen LogP contribution in [0.2, 0.25) is 0 Å². The minimum absolute atomic E-state index is 0.749. The summed E-state index contributed by atoms with van der Waals surface area (Å²) in [6, 6.07) is 8.04. The summed E-state index contributed by atoms with van der Waals surface area (Å²) in [6.45, 7) is 0. The van der Waals surface area contributed by atoms with E-state index in [0.29, 0.717) is 0 Å². The number of amides is 2. The number of hydrogen-bond acceptors (Lipinski definition) is 3. The Labute approximate surface area is 90.7 Å². The number of nitrogens with one attached hydrogen (secondary N) is 1. The predicted molar refractivity (Wildman–Crippen MR) is 56.4 cm³/mol. The standard InChI is InChI=1S/C9H10N2O3S/c10-9(14)11-7(8(12)13)15-6-4-2-1-3-5-6/h1-5,7H,(H,12,13)(H3,10,11,14). The van der Waals surface area contributed by atoms with Crippen LogP contribution in [0.5, 0.6) is 0 Å². The lowest BCUT2D eigenvalue weighted by Crippen LogP contribution is -2.41. The second-order valence-electron chi connectivity index (χ2n) is 2.66. The van der Waals surface area contributed by atoms with Crippen LogP contribution >= 0.6 is 11.8 Å². The molecule has 1 atom stereocenters. The van der Waals surface area contributed by atoms with E-state index in [2.05, 4.69) is 5.32 Å². The van der Waals surface area contributed by atoms with Crippen molar-refractivity contribution in [2.75, 3.05) is 0 Å². The first-order valence-corrected chi connectivity index (χ1v) is 4.98. The molecule has 0 heterocycles. The first-order chi connectivity index (χ1) is 7.09. The van der Waals surface area contributed by atoms with E-state index in [1.54, 1.807) is 24.3 Å². The molecule has 0 saturated heterocycles. The van der Waals surface area contributed by atoms with E-state index in [4.69, 9.17) is 10.8 Å². The minimum atomic E-state index is -1.14. The third-order valence-electron chi connectivity index (χ3n) is 1.49. The highest BCUT2D eigenvalue weighted by Crippen LogP contribution is 2.21. The summed E-state index contributed by atoms with van der Waals surface area (Å²) in [5, 5.41) is 9.86. The maximum absolute atomic E-state index is 10.7. The van der Waals surface area contributed by atoms with Gasteiger partial charge in [-0.05, 0) is 12.1 Å². The Morgan fingerprint density at radius 1 is 1.33 bits per heavy atom. The van der Waals surface area contributed by atoms with Gasteiger partial charge in [-0.2, -0.15) is 0 Å². The summed E-state index contributed by atoms with van der Waals surface area (Å²) in [5.74, 6) is -1.14. The van der Waals surface area contributed by atoms with E-state index in [1.807, 2.05) is 6.07 Å². The highest BCUT2D eigenvalue weighted by Gasteiger charge is 2.19. The first-order valence-electron chi connectivity index (χ1n) is 4.10. The molecule has 0 spiro atoms. The Hall–Kier alpha value is -1.69. The van der Waals surface area contributed by atoms with Crippen LogP contribution in [-0.2, 0) is 4.79 Å². The zero-order chi connectivity index (χ0) is 11.3. The lowest BCUT2D eigenvalue weighted by Gasteiger charge is -2.11. The first kappa shape index (κ1) is 11.4. The molecule has 0 saturated carbocycles. The van der Waals surface area contributed by atoms with Crippen molar-refractivity contribution in [3.63, 3.8) is 0 Å². The van der Waals surface area contributed by atoms with Gasteiger partial charge in [0.25, 0.3) is 0 Å². The molecule has 4 N–H and O–H groups in total. The Morgan fingerprint density at radius 3 is 2.40 bits per heavy atom. The monoisotopic (exact) mass is 226 g/mol. The molecule has 5 nitrogen and oxygen atoms in total. The smallest absolute Gasteiger partial charge is 0.337 e. The molecule has 1 rings (SSSR count).